The number of nitrogens with one attached hydrogen (secondary N) is 1. The maximum Gasteiger partial charge on any atom is 0.492 e. The van der Waals surface area contributed by atoms with Crippen LogP contribution in [0.15, 0.2) is 60.1 Å². The summed E-state index contributed by atoms with van der Waals surface area (Å²) >= 11 is 0. The second kappa shape index (κ2) is 9.51. The second-order valence-corrected chi connectivity index (χ2v) is 10.2. The minimum Gasteiger partial charge on any atom is -0.481 e. The number of amides is 1. The van der Waals surface area contributed by atoms with Gasteiger partial charge in [0.1, 0.15) is 6.61 Å². The Bertz CT molecular complexity index is 1110. The number of hydrogen-bond donors (Lipinski definition) is 2. The highest BCUT2D eigenvalue weighted by atomic mass is 16.7. The summed E-state index contributed by atoms with van der Waals surface area (Å²) in [6, 6.07) is 17.0. The first-order chi connectivity index (χ1) is 16.5. The van der Waals surface area contributed by atoms with Crippen molar-refractivity contribution in [3.63, 3.8) is 0 Å². The SMILES string of the molecule is CC1(C)OB(C(=Cc2cccc(C3(C(=O)O)CC3)c2)CNC(=O)OCc2ccccc2)OC1(C)C. The number of carbonyl (C=O) groups excluding carboxylic acids is 1. The van der Waals surface area contributed by atoms with Gasteiger partial charge in [-0.1, -0.05) is 60.7 Å². The van der Waals surface area contributed by atoms with E-state index in [1.54, 1.807) is 0 Å². The molecule has 2 N–H and O–H groups in total. The lowest BCUT2D eigenvalue weighted by atomic mass is 9.76. The number of carboxylic acid groups (broad SMARTS) is 1. The number of aliphatic carboxylic acids is 1. The van der Waals surface area contributed by atoms with Gasteiger partial charge >= 0.3 is 19.2 Å². The Morgan fingerprint density at radius 2 is 1.69 bits per heavy atom. The van der Waals surface area contributed by atoms with Crippen LogP contribution < -0.4 is 5.32 Å². The zero-order chi connectivity index (χ0) is 25.3. The number of benzene rings is 2. The molecule has 0 bridgehead atoms. The molecule has 1 saturated carbocycles. The summed E-state index contributed by atoms with van der Waals surface area (Å²) in [5.41, 5.74) is 1.31. The summed E-state index contributed by atoms with van der Waals surface area (Å²) in [7, 11) is -0.674. The first-order valence-corrected chi connectivity index (χ1v) is 11.9. The van der Waals surface area contributed by atoms with Crippen molar-refractivity contribution in [3.05, 3.63) is 76.8 Å². The molecule has 4 rings (SSSR count). The normalized spacial score (nSPS) is 19.8. The molecule has 8 heteroatoms. The molecule has 0 atom stereocenters. The maximum atomic E-state index is 12.4. The topological polar surface area (TPSA) is 94.1 Å². The third-order valence-electron chi connectivity index (χ3n) is 7.16. The van der Waals surface area contributed by atoms with Crippen LogP contribution in [-0.4, -0.2) is 42.0 Å². The third-order valence-corrected chi connectivity index (χ3v) is 7.16. The van der Waals surface area contributed by atoms with E-state index in [0.29, 0.717) is 18.3 Å². The average molecular weight is 477 g/mol. The average Bonchev–Trinajstić information content (AvgIpc) is 3.59. The van der Waals surface area contributed by atoms with Gasteiger partial charge in [0.25, 0.3) is 0 Å². The quantitative estimate of drug-likeness (QED) is 0.534. The Balaban J connectivity index is 1.53. The van der Waals surface area contributed by atoms with Gasteiger partial charge in [0.05, 0.1) is 16.6 Å². The molecule has 1 aliphatic heterocycles. The van der Waals surface area contributed by atoms with Crippen molar-refractivity contribution >= 4 is 25.3 Å². The van der Waals surface area contributed by atoms with Crippen LogP contribution in [-0.2, 0) is 30.9 Å². The third kappa shape index (κ3) is 5.44. The van der Waals surface area contributed by atoms with Gasteiger partial charge in [0, 0.05) is 6.54 Å². The van der Waals surface area contributed by atoms with E-state index in [9.17, 15) is 14.7 Å². The fraction of sp³-hybridized carbons (Fsp3) is 0.407. The minimum atomic E-state index is -0.798. The van der Waals surface area contributed by atoms with E-state index in [0.717, 1.165) is 16.7 Å². The Hall–Kier alpha value is -3.10. The number of carbonyl (C=O) groups is 2. The smallest absolute Gasteiger partial charge is 0.481 e. The highest BCUT2D eigenvalue weighted by Gasteiger charge is 2.53. The lowest BCUT2D eigenvalue weighted by molar-refractivity contribution is -0.140. The largest absolute Gasteiger partial charge is 0.492 e. The van der Waals surface area contributed by atoms with Gasteiger partial charge in [-0.3, -0.25) is 4.79 Å². The van der Waals surface area contributed by atoms with Crippen molar-refractivity contribution in [2.45, 2.75) is 63.8 Å². The number of ether oxygens (including phenoxy) is 1. The zero-order valence-electron chi connectivity index (χ0n) is 20.7. The van der Waals surface area contributed by atoms with Gasteiger partial charge in [0.15, 0.2) is 0 Å². The molecule has 0 unspecified atom stereocenters. The zero-order valence-corrected chi connectivity index (χ0v) is 20.7. The summed E-state index contributed by atoms with van der Waals surface area (Å²) in [4.78, 5) is 24.2. The first-order valence-electron chi connectivity index (χ1n) is 11.9. The molecule has 2 fully saturated rings. The van der Waals surface area contributed by atoms with Crippen LogP contribution in [0, 0.1) is 0 Å². The first kappa shape index (κ1) is 25.0. The fourth-order valence-electron chi connectivity index (χ4n) is 4.04. The fourth-order valence-corrected chi connectivity index (χ4v) is 4.04. The minimum absolute atomic E-state index is 0.152. The van der Waals surface area contributed by atoms with Crippen LogP contribution in [0.5, 0.6) is 0 Å². The van der Waals surface area contributed by atoms with E-state index >= 15 is 0 Å². The van der Waals surface area contributed by atoms with Crippen LogP contribution in [0.25, 0.3) is 6.08 Å². The van der Waals surface area contributed by atoms with Crippen molar-refractivity contribution in [1.82, 2.24) is 5.32 Å². The Labute approximate surface area is 206 Å². The van der Waals surface area contributed by atoms with E-state index < -0.39 is 35.8 Å². The number of alkyl carbamates (subject to hydrolysis) is 1. The highest BCUT2D eigenvalue weighted by Crippen LogP contribution is 2.48. The molecule has 0 spiro atoms. The summed E-state index contributed by atoms with van der Waals surface area (Å²) in [6.45, 7) is 8.19. The van der Waals surface area contributed by atoms with Crippen LogP contribution >= 0.6 is 0 Å². The Kier molecular flexibility index (Phi) is 6.80. The molecule has 2 aliphatic rings. The molecule has 184 valence electrons. The molecule has 1 amide bonds. The van der Waals surface area contributed by atoms with Crippen LogP contribution in [0.3, 0.4) is 0 Å². The number of carboxylic acids is 1. The van der Waals surface area contributed by atoms with Crippen LogP contribution in [0.4, 0.5) is 4.79 Å². The summed E-state index contributed by atoms with van der Waals surface area (Å²) in [6.07, 6.45) is 2.61. The van der Waals surface area contributed by atoms with E-state index in [1.807, 2.05) is 88.4 Å². The molecule has 2 aromatic rings. The van der Waals surface area contributed by atoms with Gasteiger partial charge in [0.2, 0.25) is 0 Å². The molecular formula is C27H32BNO6. The molecule has 0 aromatic heterocycles. The Morgan fingerprint density at radius 3 is 2.29 bits per heavy atom. The van der Waals surface area contributed by atoms with E-state index in [-0.39, 0.29) is 13.2 Å². The molecule has 1 heterocycles. The van der Waals surface area contributed by atoms with Crippen molar-refractivity contribution in [2.75, 3.05) is 6.54 Å². The lowest BCUT2D eigenvalue weighted by Gasteiger charge is -2.32. The molecule has 1 saturated heterocycles. The van der Waals surface area contributed by atoms with Gasteiger partial charge < -0.3 is 24.5 Å². The summed E-state index contributed by atoms with van der Waals surface area (Å²) < 4.78 is 17.8. The second-order valence-electron chi connectivity index (χ2n) is 10.2. The van der Waals surface area contributed by atoms with Crippen molar-refractivity contribution in [2.24, 2.45) is 0 Å². The maximum absolute atomic E-state index is 12.4. The lowest BCUT2D eigenvalue weighted by Crippen LogP contribution is -2.41. The van der Waals surface area contributed by atoms with Gasteiger partial charge in [-0.25, -0.2) is 4.79 Å². The van der Waals surface area contributed by atoms with Crippen LogP contribution in [0.2, 0.25) is 0 Å². The molecule has 2 aromatic carbocycles. The molecular weight excluding hydrogens is 445 g/mol. The van der Waals surface area contributed by atoms with Crippen LogP contribution in [0.1, 0.15) is 57.2 Å². The molecule has 0 radical (unpaired) electrons. The summed E-state index contributed by atoms with van der Waals surface area (Å²) in [5, 5.41) is 12.5. The van der Waals surface area contributed by atoms with Gasteiger partial charge in [-0.15, -0.1) is 0 Å². The predicted octanol–water partition coefficient (Wildman–Crippen LogP) is 4.74. The van der Waals surface area contributed by atoms with E-state index in [2.05, 4.69) is 5.32 Å². The van der Waals surface area contributed by atoms with Gasteiger partial charge in [-0.05, 0) is 62.7 Å². The monoisotopic (exact) mass is 477 g/mol. The van der Waals surface area contributed by atoms with Gasteiger partial charge in [-0.2, -0.15) is 0 Å². The van der Waals surface area contributed by atoms with Crippen molar-refractivity contribution < 1.29 is 28.7 Å². The highest BCUT2D eigenvalue weighted by molar-refractivity contribution is 6.56. The van der Waals surface area contributed by atoms with Crippen molar-refractivity contribution in [1.29, 1.82) is 0 Å². The predicted molar refractivity (Wildman–Crippen MR) is 134 cm³/mol. The summed E-state index contributed by atoms with van der Waals surface area (Å²) in [5.74, 6) is -0.798. The molecule has 1 aliphatic carbocycles. The number of hydrogen-bond acceptors (Lipinski definition) is 5. The molecule has 7 nitrogen and oxygen atoms in total. The standard InChI is InChI=1S/C27H32BNO6/c1-25(2)26(3,4)35-28(34-25)22(17-29-24(32)33-18-19-9-6-5-7-10-19)16-20-11-8-12-21(15-20)27(13-14-27)23(30)31/h5-12,15-16H,13-14,17-18H2,1-4H3,(H,29,32)(H,30,31). The van der Waals surface area contributed by atoms with Crippen molar-refractivity contribution in [3.8, 4) is 0 Å². The Morgan fingerprint density at radius 1 is 1.03 bits per heavy atom. The molecule has 35 heavy (non-hydrogen) atoms. The van der Waals surface area contributed by atoms with E-state index in [4.69, 9.17) is 14.0 Å². The van der Waals surface area contributed by atoms with E-state index in [1.165, 1.54) is 0 Å². The number of rotatable bonds is 8.